The van der Waals surface area contributed by atoms with E-state index in [1.807, 2.05) is 57.2 Å². The number of amides is 2. The second-order valence-corrected chi connectivity index (χ2v) is 10.5. The molecule has 0 saturated heterocycles. The Labute approximate surface area is 217 Å². The van der Waals surface area contributed by atoms with Crippen molar-refractivity contribution in [1.82, 2.24) is 0 Å². The third-order valence-corrected chi connectivity index (χ3v) is 6.27. The molecule has 0 saturated carbocycles. The number of carbonyl (C=O) groups is 2. The first-order chi connectivity index (χ1) is 16.6. The highest BCUT2D eigenvalue weighted by atomic mass is 79.9. The average molecular weight is 555 g/mol. The molecule has 8 heteroatoms. The van der Waals surface area contributed by atoms with Crippen LogP contribution in [0.5, 0.6) is 0 Å². The van der Waals surface area contributed by atoms with Crippen LogP contribution in [0.1, 0.15) is 37.5 Å². The number of benzodiazepines with no additional fused rings is 1. The summed E-state index contributed by atoms with van der Waals surface area (Å²) in [5.74, 6) is -0.192. The van der Waals surface area contributed by atoms with Gasteiger partial charge in [-0.05, 0) is 62.7 Å². The molecule has 0 aromatic heterocycles. The van der Waals surface area contributed by atoms with Gasteiger partial charge in [0.15, 0.2) is 0 Å². The first kappa shape index (κ1) is 24.9. The summed E-state index contributed by atoms with van der Waals surface area (Å²) in [4.78, 5) is 30.1. The molecule has 3 aromatic rings. The summed E-state index contributed by atoms with van der Waals surface area (Å²) >= 11 is 9.87. The minimum absolute atomic E-state index is 0.192. The van der Waals surface area contributed by atoms with E-state index in [0.29, 0.717) is 28.5 Å². The molecule has 1 atom stereocenters. The molecule has 1 unspecified atom stereocenters. The van der Waals surface area contributed by atoms with Crippen LogP contribution in [0, 0.1) is 0 Å². The lowest BCUT2D eigenvalue weighted by Crippen LogP contribution is -2.27. The van der Waals surface area contributed by atoms with E-state index in [1.165, 1.54) is 0 Å². The third kappa shape index (κ3) is 6.29. The van der Waals surface area contributed by atoms with Crippen LogP contribution >= 0.6 is 27.5 Å². The molecule has 2 amide bonds. The maximum absolute atomic E-state index is 13.1. The molecule has 0 bridgehead atoms. The number of rotatable bonds is 4. The van der Waals surface area contributed by atoms with Crippen LogP contribution in [0.15, 0.2) is 76.2 Å². The fourth-order valence-electron chi connectivity index (χ4n) is 3.69. The minimum Gasteiger partial charge on any atom is -0.444 e. The number of halogens is 2. The Hall–Kier alpha value is -3.16. The van der Waals surface area contributed by atoms with Crippen molar-refractivity contribution in [1.29, 1.82) is 0 Å². The smallest absolute Gasteiger partial charge is 0.412 e. The fourth-order valence-corrected chi connectivity index (χ4v) is 4.31. The number of anilines is 2. The Morgan fingerprint density at radius 3 is 2.51 bits per heavy atom. The Morgan fingerprint density at radius 2 is 1.83 bits per heavy atom. The van der Waals surface area contributed by atoms with Gasteiger partial charge >= 0.3 is 6.09 Å². The number of ether oxygens (including phenoxy) is 1. The van der Waals surface area contributed by atoms with E-state index in [0.717, 1.165) is 21.2 Å². The van der Waals surface area contributed by atoms with Crippen LogP contribution in [-0.2, 0) is 16.0 Å². The second-order valence-electron chi connectivity index (χ2n) is 9.17. The van der Waals surface area contributed by atoms with Gasteiger partial charge in [-0.1, -0.05) is 57.9 Å². The van der Waals surface area contributed by atoms with Crippen molar-refractivity contribution >= 4 is 56.6 Å². The molecule has 1 heterocycles. The summed E-state index contributed by atoms with van der Waals surface area (Å²) in [5.41, 5.74) is 3.78. The maximum atomic E-state index is 13.1. The molecule has 35 heavy (non-hydrogen) atoms. The first-order valence-electron chi connectivity index (χ1n) is 11.1. The number of hydrogen-bond donors (Lipinski definition) is 2. The second kappa shape index (κ2) is 10.2. The van der Waals surface area contributed by atoms with Gasteiger partial charge in [0.1, 0.15) is 11.6 Å². The lowest BCUT2D eigenvalue weighted by atomic mass is 10.00. The number of aliphatic imine (C=N–C) groups is 1. The zero-order valence-corrected chi connectivity index (χ0v) is 21.9. The molecule has 3 aromatic carbocycles. The van der Waals surface area contributed by atoms with E-state index in [4.69, 9.17) is 21.3 Å². The summed E-state index contributed by atoms with van der Waals surface area (Å²) < 4.78 is 6.24. The highest BCUT2D eigenvalue weighted by molar-refractivity contribution is 9.10. The largest absolute Gasteiger partial charge is 0.444 e. The number of fused-ring (bicyclic) bond motifs is 1. The highest BCUT2D eigenvalue weighted by Gasteiger charge is 2.27. The van der Waals surface area contributed by atoms with Gasteiger partial charge in [0.25, 0.3) is 0 Å². The van der Waals surface area contributed by atoms with Gasteiger partial charge in [-0.15, -0.1) is 0 Å². The quantitative estimate of drug-likeness (QED) is 0.370. The van der Waals surface area contributed by atoms with Crippen molar-refractivity contribution in [2.45, 2.75) is 38.8 Å². The summed E-state index contributed by atoms with van der Waals surface area (Å²) in [7, 11) is 0. The van der Waals surface area contributed by atoms with E-state index in [-0.39, 0.29) is 5.91 Å². The van der Waals surface area contributed by atoms with Crippen LogP contribution in [0.3, 0.4) is 0 Å². The van der Waals surface area contributed by atoms with E-state index in [2.05, 4.69) is 26.6 Å². The van der Waals surface area contributed by atoms with Gasteiger partial charge < -0.3 is 10.1 Å². The zero-order valence-electron chi connectivity index (χ0n) is 19.6. The summed E-state index contributed by atoms with van der Waals surface area (Å²) in [6.07, 6.45) is -0.103. The molecule has 0 aliphatic carbocycles. The van der Waals surface area contributed by atoms with Gasteiger partial charge in [-0.25, -0.2) is 4.79 Å². The number of nitrogens with one attached hydrogen (secondary N) is 2. The molecule has 1 aliphatic heterocycles. The van der Waals surface area contributed by atoms with Crippen molar-refractivity contribution in [2.75, 3.05) is 10.6 Å². The van der Waals surface area contributed by atoms with E-state index in [9.17, 15) is 9.59 Å². The van der Waals surface area contributed by atoms with Crippen LogP contribution in [0.2, 0.25) is 5.02 Å². The van der Waals surface area contributed by atoms with Gasteiger partial charge in [-0.2, -0.15) is 0 Å². The fraction of sp³-hybridized carbons (Fsp3) is 0.222. The molecule has 2 N–H and O–H groups in total. The Morgan fingerprint density at radius 1 is 1.11 bits per heavy atom. The lowest BCUT2D eigenvalue weighted by Gasteiger charge is -2.19. The maximum Gasteiger partial charge on any atom is 0.412 e. The molecular formula is C27H25BrClN3O3. The molecule has 1 aliphatic rings. The van der Waals surface area contributed by atoms with Gasteiger partial charge in [0.05, 0.1) is 11.4 Å². The monoisotopic (exact) mass is 553 g/mol. The van der Waals surface area contributed by atoms with Crippen LogP contribution < -0.4 is 10.6 Å². The molecule has 6 nitrogen and oxygen atoms in total. The molecule has 0 spiro atoms. The predicted octanol–water partition coefficient (Wildman–Crippen LogP) is 6.85. The van der Waals surface area contributed by atoms with Gasteiger partial charge in [0.2, 0.25) is 5.91 Å². The Balaban J connectivity index is 1.69. The summed E-state index contributed by atoms with van der Waals surface area (Å²) in [5, 5.41) is 6.27. The van der Waals surface area contributed by atoms with Gasteiger partial charge in [0, 0.05) is 32.7 Å². The van der Waals surface area contributed by atoms with Gasteiger partial charge in [-0.3, -0.25) is 15.1 Å². The molecule has 0 radical (unpaired) electrons. The molecule has 180 valence electrons. The zero-order chi connectivity index (χ0) is 25.2. The van der Waals surface area contributed by atoms with Crippen molar-refractivity contribution in [3.05, 3.63) is 92.9 Å². The summed E-state index contributed by atoms with van der Waals surface area (Å²) in [6, 6.07) is 19.7. The molecule has 4 rings (SSSR count). The lowest BCUT2D eigenvalue weighted by molar-refractivity contribution is -0.117. The van der Waals surface area contributed by atoms with Crippen molar-refractivity contribution in [3.63, 3.8) is 0 Å². The number of nitrogens with zero attached hydrogens (tertiary/aromatic N) is 1. The average Bonchev–Trinajstić information content (AvgIpc) is 2.91. The molecule has 0 fully saturated rings. The number of carbonyl (C=O) groups excluding carboxylic acids is 2. The standard InChI is InChI=1S/C27H25BrClN3O3/c1-27(2,3)35-26(34)30-19-11-8-16(9-12-19)24-20-15-18(29)10-13-22(20)32-25(33)23(31-24)14-17-6-4-5-7-21(17)28/h4-13,15,23H,14H2,1-3H3,(H,30,34)(H,32,33). The predicted molar refractivity (Wildman–Crippen MR) is 144 cm³/mol. The Bertz CT molecular complexity index is 1300. The van der Waals surface area contributed by atoms with Crippen molar-refractivity contribution in [2.24, 2.45) is 4.99 Å². The SMILES string of the molecule is CC(C)(C)OC(=O)Nc1ccc(C2=NC(Cc3ccccc3Br)C(=O)Nc3ccc(Cl)cc32)cc1. The van der Waals surface area contributed by atoms with Crippen LogP contribution in [-0.4, -0.2) is 29.4 Å². The highest BCUT2D eigenvalue weighted by Crippen LogP contribution is 2.29. The van der Waals surface area contributed by atoms with Crippen LogP contribution in [0.4, 0.5) is 16.2 Å². The molecular weight excluding hydrogens is 530 g/mol. The summed E-state index contributed by atoms with van der Waals surface area (Å²) in [6.45, 7) is 5.42. The van der Waals surface area contributed by atoms with E-state index < -0.39 is 17.7 Å². The minimum atomic E-state index is -0.644. The third-order valence-electron chi connectivity index (χ3n) is 5.26. The number of benzene rings is 3. The van der Waals surface area contributed by atoms with Crippen LogP contribution in [0.25, 0.3) is 0 Å². The normalized spacial score (nSPS) is 15.4. The van der Waals surface area contributed by atoms with Crippen molar-refractivity contribution < 1.29 is 14.3 Å². The van der Waals surface area contributed by atoms with Crippen molar-refractivity contribution in [3.8, 4) is 0 Å². The first-order valence-corrected chi connectivity index (χ1v) is 12.3. The Kier molecular flexibility index (Phi) is 7.28. The van der Waals surface area contributed by atoms with E-state index in [1.54, 1.807) is 30.3 Å². The van der Waals surface area contributed by atoms with E-state index >= 15 is 0 Å². The number of hydrogen-bond acceptors (Lipinski definition) is 4. The topological polar surface area (TPSA) is 79.8 Å².